The van der Waals surface area contributed by atoms with Crippen LogP contribution in [0.15, 0.2) is 58.1 Å². The van der Waals surface area contributed by atoms with Gasteiger partial charge in [-0.1, -0.05) is 17.7 Å². The molecule has 3 aromatic rings. The van der Waals surface area contributed by atoms with Crippen molar-refractivity contribution < 1.29 is 8.42 Å². The first-order chi connectivity index (χ1) is 12.5. The van der Waals surface area contributed by atoms with Crippen LogP contribution in [0.1, 0.15) is 21.4 Å². The van der Waals surface area contributed by atoms with E-state index in [1.54, 1.807) is 46.9 Å². The zero-order valence-corrected chi connectivity index (χ0v) is 17.2. The Morgan fingerprint density at radius 2 is 1.88 bits per heavy atom. The van der Waals surface area contributed by atoms with E-state index in [-0.39, 0.29) is 11.8 Å². The van der Waals surface area contributed by atoms with Gasteiger partial charge in [-0.15, -0.1) is 22.7 Å². The highest BCUT2D eigenvalue weighted by molar-refractivity contribution is 7.91. The van der Waals surface area contributed by atoms with Crippen LogP contribution in [0, 0.1) is 0 Å². The summed E-state index contributed by atoms with van der Waals surface area (Å²) < 4.78 is 25.4. The summed E-state index contributed by atoms with van der Waals surface area (Å²) in [5.74, 6) is 0.107. The molecule has 0 N–H and O–H groups in total. The Hall–Kier alpha value is -1.18. The zero-order valence-electron chi connectivity index (χ0n) is 14.0. The molecule has 7 heteroatoms. The van der Waals surface area contributed by atoms with Gasteiger partial charge in [0.2, 0.25) is 0 Å². The van der Waals surface area contributed by atoms with Gasteiger partial charge in [0.05, 0.1) is 16.7 Å². The van der Waals surface area contributed by atoms with Crippen LogP contribution in [0.5, 0.6) is 0 Å². The van der Waals surface area contributed by atoms with Gasteiger partial charge in [0, 0.05) is 27.9 Å². The van der Waals surface area contributed by atoms with E-state index in [9.17, 15) is 8.42 Å². The number of thiophene rings is 2. The van der Waals surface area contributed by atoms with Crippen LogP contribution >= 0.6 is 34.3 Å². The van der Waals surface area contributed by atoms with E-state index in [2.05, 4.69) is 33.9 Å². The summed E-state index contributed by atoms with van der Waals surface area (Å²) in [4.78, 5) is 5.32. The Labute approximate surface area is 166 Å². The summed E-state index contributed by atoms with van der Waals surface area (Å²) in [7, 11) is -3.33. The van der Waals surface area contributed by atoms with Gasteiger partial charge in [-0.25, -0.2) is 8.42 Å². The third-order valence-electron chi connectivity index (χ3n) is 4.70. The molecular weight excluding hydrogens is 406 g/mol. The van der Waals surface area contributed by atoms with E-state index in [1.165, 1.54) is 15.3 Å². The number of rotatable bonds is 5. The van der Waals surface area contributed by atoms with Gasteiger partial charge >= 0.3 is 0 Å². The number of nitrogens with zero attached hydrogens (tertiary/aromatic N) is 1. The summed E-state index contributed by atoms with van der Waals surface area (Å²) in [5, 5.41) is 4.76. The largest absolute Gasteiger partial charge is 0.290 e. The molecule has 3 nitrogen and oxygen atoms in total. The van der Waals surface area contributed by atoms with Crippen LogP contribution in [0.25, 0.3) is 0 Å². The minimum absolute atomic E-state index is 0.107. The van der Waals surface area contributed by atoms with E-state index in [4.69, 9.17) is 11.6 Å². The lowest BCUT2D eigenvalue weighted by molar-refractivity contribution is 0.231. The molecule has 136 valence electrons. The number of hydrogen-bond donors (Lipinski definition) is 0. The van der Waals surface area contributed by atoms with Crippen LogP contribution < -0.4 is 0 Å². The number of sulfone groups is 1. The minimum Gasteiger partial charge on any atom is -0.290 e. The van der Waals surface area contributed by atoms with Crippen LogP contribution in [0.3, 0.4) is 0 Å². The normalized spacial score (nSPS) is 18.0. The molecule has 0 spiro atoms. The van der Waals surface area contributed by atoms with Crippen molar-refractivity contribution in [2.75, 3.05) is 18.8 Å². The first kappa shape index (κ1) is 18.2. The predicted octanol–water partition coefficient (Wildman–Crippen LogP) is 4.88. The molecular formula is C19H18ClNO2S3. The van der Waals surface area contributed by atoms with Crippen molar-refractivity contribution in [3.05, 3.63) is 73.6 Å². The molecule has 1 aliphatic heterocycles. The maximum absolute atomic E-state index is 12.7. The lowest BCUT2D eigenvalue weighted by Crippen LogP contribution is -2.38. The molecule has 26 heavy (non-hydrogen) atoms. The molecule has 0 saturated heterocycles. The van der Waals surface area contributed by atoms with Gasteiger partial charge in [0.25, 0.3) is 0 Å². The molecule has 0 fully saturated rings. The Morgan fingerprint density at radius 3 is 2.62 bits per heavy atom. The molecule has 0 bridgehead atoms. The van der Waals surface area contributed by atoms with E-state index < -0.39 is 9.84 Å². The van der Waals surface area contributed by atoms with Crippen molar-refractivity contribution in [2.24, 2.45) is 0 Å². The second-order valence-electron chi connectivity index (χ2n) is 6.28. The molecule has 1 unspecified atom stereocenters. The van der Waals surface area contributed by atoms with E-state index in [0.29, 0.717) is 16.5 Å². The van der Waals surface area contributed by atoms with Gasteiger partial charge in [-0.05, 0) is 59.1 Å². The number of benzene rings is 1. The average molecular weight is 424 g/mol. The fourth-order valence-corrected chi connectivity index (χ4v) is 6.55. The van der Waals surface area contributed by atoms with Gasteiger partial charge in [-0.3, -0.25) is 4.90 Å². The second-order valence-corrected chi connectivity index (χ2v) is 10.8. The van der Waals surface area contributed by atoms with Crippen LogP contribution in [0.4, 0.5) is 0 Å². The fraction of sp³-hybridized carbons (Fsp3) is 0.263. The van der Waals surface area contributed by atoms with Crippen molar-refractivity contribution in [1.82, 2.24) is 4.90 Å². The zero-order chi connectivity index (χ0) is 18.1. The lowest BCUT2D eigenvalue weighted by Gasteiger charge is -2.35. The van der Waals surface area contributed by atoms with Gasteiger partial charge in [-0.2, -0.15) is 0 Å². The standard InChI is InChI=1S/C19H18ClNO2S3/c20-14-3-5-15(6-4-14)26(22,23)13-10-21-9-7-17-16(8-12-25-17)19(21)18-2-1-11-24-18/h1-6,8,11-12,19H,7,9-10,13H2. The van der Waals surface area contributed by atoms with E-state index >= 15 is 0 Å². The van der Waals surface area contributed by atoms with Crippen LogP contribution in [-0.4, -0.2) is 32.2 Å². The average Bonchev–Trinajstić information content (AvgIpc) is 3.31. The predicted molar refractivity (Wildman–Crippen MR) is 109 cm³/mol. The molecule has 0 saturated carbocycles. The number of fused-ring (bicyclic) bond motifs is 1. The Morgan fingerprint density at radius 1 is 1.08 bits per heavy atom. The molecule has 4 rings (SSSR count). The van der Waals surface area contributed by atoms with Crippen molar-refractivity contribution in [2.45, 2.75) is 17.4 Å². The molecule has 1 aliphatic rings. The molecule has 1 aromatic carbocycles. The summed E-state index contributed by atoms with van der Waals surface area (Å²) in [6, 6.07) is 13.0. The molecule has 0 radical (unpaired) electrons. The number of hydrogen-bond acceptors (Lipinski definition) is 5. The quantitative estimate of drug-likeness (QED) is 0.586. The summed E-state index contributed by atoms with van der Waals surface area (Å²) in [5.41, 5.74) is 1.33. The molecule has 0 aliphatic carbocycles. The fourth-order valence-electron chi connectivity index (χ4n) is 3.39. The van der Waals surface area contributed by atoms with Gasteiger partial charge in [0.15, 0.2) is 9.84 Å². The van der Waals surface area contributed by atoms with Crippen molar-refractivity contribution in [3.63, 3.8) is 0 Å². The molecule has 3 heterocycles. The molecule has 0 amide bonds. The highest BCUT2D eigenvalue weighted by atomic mass is 35.5. The minimum atomic E-state index is -3.33. The Balaban J connectivity index is 1.56. The first-order valence-electron chi connectivity index (χ1n) is 8.37. The summed E-state index contributed by atoms with van der Waals surface area (Å²) >= 11 is 9.40. The maximum Gasteiger partial charge on any atom is 0.179 e. The monoisotopic (exact) mass is 423 g/mol. The van der Waals surface area contributed by atoms with Gasteiger partial charge < -0.3 is 0 Å². The van der Waals surface area contributed by atoms with Crippen molar-refractivity contribution in [3.8, 4) is 0 Å². The molecule has 2 aromatic heterocycles. The Kier molecular flexibility index (Phi) is 5.21. The van der Waals surface area contributed by atoms with Crippen LogP contribution in [-0.2, 0) is 16.3 Å². The first-order valence-corrected chi connectivity index (χ1v) is 12.2. The van der Waals surface area contributed by atoms with Gasteiger partial charge in [0.1, 0.15) is 0 Å². The van der Waals surface area contributed by atoms with E-state index in [0.717, 1.165) is 13.0 Å². The third kappa shape index (κ3) is 3.62. The summed E-state index contributed by atoms with van der Waals surface area (Å²) in [6.45, 7) is 1.40. The SMILES string of the molecule is O=S(=O)(CCN1CCc2sccc2C1c1cccs1)c1ccc(Cl)cc1. The highest BCUT2D eigenvalue weighted by Gasteiger charge is 2.31. The van der Waals surface area contributed by atoms with Crippen molar-refractivity contribution >= 4 is 44.1 Å². The smallest absolute Gasteiger partial charge is 0.179 e. The topological polar surface area (TPSA) is 37.4 Å². The van der Waals surface area contributed by atoms with Crippen LogP contribution in [0.2, 0.25) is 5.02 Å². The van der Waals surface area contributed by atoms with Crippen molar-refractivity contribution in [1.29, 1.82) is 0 Å². The highest BCUT2D eigenvalue weighted by Crippen LogP contribution is 2.39. The Bertz CT molecular complexity index is 978. The third-order valence-corrected chi connectivity index (χ3v) is 8.58. The number of halogens is 1. The second kappa shape index (κ2) is 7.44. The summed E-state index contributed by atoms with van der Waals surface area (Å²) in [6.07, 6.45) is 0.982. The lowest BCUT2D eigenvalue weighted by atomic mass is 9.99. The van der Waals surface area contributed by atoms with E-state index in [1.807, 2.05) is 0 Å². The maximum atomic E-state index is 12.7. The molecule has 1 atom stereocenters.